The molecule has 5 rings (SSSR count). The first-order valence-electron chi connectivity index (χ1n) is 11.2. The highest BCUT2D eigenvalue weighted by atomic mass is 32.2. The molecule has 36 heavy (non-hydrogen) atoms. The predicted octanol–water partition coefficient (Wildman–Crippen LogP) is 5.76. The fourth-order valence-electron chi connectivity index (χ4n) is 3.60. The number of carbonyl (C=O) groups excluding carboxylic acids is 1. The van der Waals surface area contributed by atoms with E-state index < -0.39 is 6.10 Å². The molecule has 1 unspecified atom stereocenters. The molecule has 182 valence electrons. The van der Waals surface area contributed by atoms with Crippen molar-refractivity contribution in [3.63, 3.8) is 0 Å². The van der Waals surface area contributed by atoms with Crippen LogP contribution in [0.1, 0.15) is 18.9 Å². The number of anilines is 1. The Balaban J connectivity index is 1.34. The van der Waals surface area contributed by atoms with Crippen LogP contribution in [0.4, 0.5) is 5.13 Å². The molecule has 2 aromatic heterocycles. The van der Waals surface area contributed by atoms with E-state index in [0.717, 1.165) is 15.9 Å². The van der Waals surface area contributed by atoms with Crippen molar-refractivity contribution < 1.29 is 14.3 Å². The lowest BCUT2D eigenvalue weighted by molar-refractivity contribution is -0.113. The lowest BCUT2D eigenvalue weighted by atomic mass is 10.3. The monoisotopic (exact) mass is 517 g/mol. The largest absolute Gasteiger partial charge is 0.497 e. The summed E-state index contributed by atoms with van der Waals surface area (Å²) < 4.78 is 14.4. The lowest BCUT2D eigenvalue weighted by Crippen LogP contribution is -2.15. The minimum absolute atomic E-state index is 0.159. The van der Waals surface area contributed by atoms with E-state index in [1.165, 1.54) is 23.1 Å². The first-order valence-corrected chi connectivity index (χ1v) is 13.0. The van der Waals surface area contributed by atoms with Gasteiger partial charge in [0.25, 0.3) is 0 Å². The van der Waals surface area contributed by atoms with Gasteiger partial charge in [0.2, 0.25) is 5.91 Å². The first kappa shape index (κ1) is 23.8. The molecule has 8 nitrogen and oxygen atoms in total. The molecule has 0 saturated carbocycles. The number of thiazole rings is 1. The third-order valence-electron chi connectivity index (χ3n) is 5.26. The summed E-state index contributed by atoms with van der Waals surface area (Å²) in [5, 5.41) is 12.9. The van der Waals surface area contributed by atoms with E-state index >= 15 is 0 Å². The van der Waals surface area contributed by atoms with Crippen molar-refractivity contribution in [2.75, 3.05) is 18.2 Å². The fourth-order valence-corrected chi connectivity index (χ4v) is 5.24. The van der Waals surface area contributed by atoms with Gasteiger partial charge in [-0.05, 0) is 43.3 Å². The lowest BCUT2D eigenvalue weighted by Gasteiger charge is -2.17. The maximum Gasteiger partial charge on any atom is 0.236 e. The van der Waals surface area contributed by atoms with Gasteiger partial charge in [-0.2, -0.15) is 0 Å². The maximum absolute atomic E-state index is 12.7. The highest BCUT2D eigenvalue weighted by molar-refractivity contribution is 7.99. The normalized spacial score (nSPS) is 11.8. The van der Waals surface area contributed by atoms with Gasteiger partial charge in [-0.3, -0.25) is 9.36 Å². The van der Waals surface area contributed by atoms with Crippen molar-refractivity contribution in [3.05, 3.63) is 84.7 Å². The first-order chi connectivity index (χ1) is 17.6. The summed E-state index contributed by atoms with van der Waals surface area (Å²) in [6.07, 6.45) is -0.407. The molecule has 5 aromatic rings. The summed E-state index contributed by atoms with van der Waals surface area (Å²) in [4.78, 5) is 17.2. The third kappa shape index (κ3) is 5.34. The Hall–Kier alpha value is -3.89. The number of thioether (sulfide) groups is 1. The van der Waals surface area contributed by atoms with E-state index in [4.69, 9.17) is 9.47 Å². The van der Waals surface area contributed by atoms with Crippen molar-refractivity contribution in [2.45, 2.75) is 18.2 Å². The second-order valence-corrected chi connectivity index (χ2v) is 9.75. The Bertz CT molecular complexity index is 1450. The smallest absolute Gasteiger partial charge is 0.236 e. The maximum atomic E-state index is 12.7. The number of benzene rings is 3. The molecule has 2 heterocycles. The summed E-state index contributed by atoms with van der Waals surface area (Å²) in [6, 6.07) is 25.0. The number of para-hydroxylation sites is 2. The molecule has 0 aliphatic carbocycles. The van der Waals surface area contributed by atoms with Crippen LogP contribution in [-0.4, -0.2) is 38.5 Å². The van der Waals surface area contributed by atoms with Crippen molar-refractivity contribution >= 4 is 44.4 Å². The minimum atomic E-state index is -0.407. The van der Waals surface area contributed by atoms with Crippen LogP contribution in [0.3, 0.4) is 0 Å². The van der Waals surface area contributed by atoms with Gasteiger partial charge in [-0.1, -0.05) is 59.5 Å². The number of fused-ring (bicyclic) bond motifs is 1. The molecular weight excluding hydrogens is 494 g/mol. The highest BCUT2D eigenvalue weighted by Crippen LogP contribution is 2.30. The number of rotatable bonds is 9. The molecule has 3 aromatic carbocycles. The van der Waals surface area contributed by atoms with Crippen LogP contribution in [0.25, 0.3) is 15.9 Å². The molecule has 0 spiro atoms. The van der Waals surface area contributed by atoms with Gasteiger partial charge in [0.1, 0.15) is 11.5 Å². The summed E-state index contributed by atoms with van der Waals surface area (Å²) in [5.41, 5.74) is 1.75. The number of amides is 1. The summed E-state index contributed by atoms with van der Waals surface area (Å²) in [6.45, 7) is 1.91. The number of methoxy groups -OCH3 is 1. The van der Waals surface area contributed by atoms with Gasteiger partial charge in [-0.15, -0.1) is 10.2 Å². The second-order valence-electron chi connectivity index (χ2n) is 7.77. The summed E-state index contributed by atoms with van der Waals surface area (Å²) >= 11 is 2.75. The topological polar surface area (TPSA) is 91.2 Å². The molecule has 10 heteroatoms. The second kappa shape index (κ2) is 10.8. The predicted molar refractivity (Wildman–Crippen MR) is 142 cm³/mol. The van der Waals surface area contributed by atoms with Gasteiger partial charge in [0, 0.05) is 11.8 Å². The molecule has 0 saturated heterocycles. The molecular formula is C26H23N5O3S2. The van der Waals surface area contributed by atoms with E-state index in [9.17, 15) is 4.79 Å². The van der Waals surface area contributed by atoms with Crippen LogP contribution in [0.5, 0.6) is 11.5 Å². The van der Waals surface area contributed by atoms with Gasteiger partial charge >= 0.3 is 0 Å². The van der Waals surface area contributed by atoms with Crippen LogP contribution < -0.4 is 14.8 Å². The van der Waals surface area contributed by atoms with Gasteiger partial charge in [0.05, 0.1) is 23.1 Å². The number of carbonyl (C=O) groups is 1. The van der Waals surface area contributed by atoms with Crippen molar-refractivity contribution in [1.82, 2.24) is 19.7 Å². The molecule has 0 fully saturated rings. The molecule has 1 atom stereocenters. The average Bonchev–Trinajstić information content (AvgIpc) is 3.52. The number of nitrogens with zero attached hydrogens (tertiary/aromatic N) is 4. The van der Waals surface area contributed by atoms with E-state index in [2.05, 4.69) is 20.5 Å². The average molecular weight is 518 g/mol. The number of ether oxygens (including phenoxy) is 2. The zero-order valence-electron chi connectivity index (χ0n) is 19.6. The van der Waals surface area contributed by atoms with Crippen LogP contribution in [0.2, 0.25) is 0 Å². The van der Waals surface area contributed by atoms with Gasteiger partial charge in [-0.25, -0.2) is 4.98 Å². The summed E-state index contributed by atoms with van der Waals surface area (Å²) in [7, 11) is 1.62. The van der Waals surface area contributed by atoms with Gasteiger partial charge in [0.15, 0.2) is 22.2 Å². The SMILES string of the molecule is COc1cccc(OC(C)c2nnc(SCC(=O)Nc3nc4ccccc4s3)n2-c2ccccc2)c1. The number of aromatic nitrogens is 4. The number of nitrogens with one attached hydrogen (secondary N) is 1. The third-order valence-corrected chi connectivity index (χ3v) is 7.14. The molecule has 0 bridgehead atoms. The molecule has 1 amide bonds. The van der Waals surface area contributed by atoms with E-state index in [1.54, 1.807) is 7.11 Å². The molecule has 0 aliphatic heterocycles. The molecule has 0 radical (unpaired) electrons. The zero-order valence-corrected chi connectivity index (χ0v) is 21.3. The molecule has 0 aliphatic rings. The van der Waals surface area contributed by atoms with Crippen molar-refractivity contribution in [2.24, 2.45) is 0 Å². The Morgan fingerprint density at radius 3 is 2.61 bits per heavy atom. The van der Waals surface area contributed by atoms with E-state index in [1.807, 2.05) is 90.4 Å². The molecule has 1 N–H and O–H groups in total. The van der Waals surface area contributed by atoms with Crippen LogP contribution in [0, 0.1) is 0 Å². The van der Waals surface area contributed by atoms with Crippen molar-refractivity contribution in [1.29, 1.82) is 0 Å². The van der Waals surface area contributed by atoms with Crippen LogP contribution in [-0.2, 0) is 4.79 Å². The van der Waals surface area contributed by atoms with E-state index in [0.29, 0.717) is 27.6 Å². The number of hydrogen-bond donors (Lipinski definition) is 1. The summed E-state index contributed by atoms with van der Waals surface area (Å²) in [5.74, 6) is 1.99. The quantitative estimate of drug-likeness (QED) is 0.249. The van der Waals surface area contributed by atoms with E-state index in [-0.39, 0.29) is 11.7 Å². The van der Waals surface area contributed by atoms with Crippen molar-refractivity contribution in [3.8, 4) is 17.2 Å². The standard InChI is InChI=1S/C26H23N5O3S2/c1-17(34-20-12-8-11-19(15-20)33-2)24-29-30-26(31(24)18-9-4-3-5-10-18)35-16-23(32)28-25-27-21-13-6-7-14-22(21)36-25/h3-15,17H,16H2,1-2H3,(H,27,28,32). The zero-order chi connectivity index (χ0) is 24.9. The fraction of sp³-hybridized carbons (Fsp3) is 0.154. The Kier molecular flexibility index (Phi) is 7.15. The van der Waals surface area contributed by atoms with Gasteiger partial charge < -0.3 is 14.8 Å². The number of hydrogen-bond acceptors (Lipinski definition) is 8. The minimum Gasteiger partial charge on any atom is -0.497 e. The Labute approximate surface area is 216 Å². The highest BCUT2D eigenvalue weighted by Gasteiger charge is 2.22. The van der Waals surface area contributed by atoms with Crippen LogP contribution in [0.15, 0.2) is 84.0 Å². The Morgan fingerprint density at radius 2 is 1.81 bits per heavy atom. The van der Waals surface area contributed by atoms with Crippen LogP contribution >= 0.6 is 23.1 Å². The Morgan fingerprint density at radius 1 is 1.03 bits per heavy atom.